The minimum Gasteiger partial charge on any atom is -0.350 e. The molecule has 0 aliphatic heterocycles. The van der Waals surface area contributed by atoms with Crippen LogP contribution in [0.5, 0.6) is 0 Å². The summed E-state index contributed by atoms with van der Waals surface area (Å²) in [7, 11) is 0. The summed E-state index contributed by atoms with van der Waals surface area (Å²) in [6.07, 6.45) is 0. The first-order valence-corrected chi connectivity index (χ1v) is 7.64. The molecule has 17 heavy (non-hydrogen) atoms. The van der Waals surface area contributed by atoms with Gasteiger partial charge in [0.2, 0.25) is 0 Å². The van der Waals surface area contributed by atoms with Crippen LogP contribution in [0.3, 0.4) is 0 Å². The van der Waals surface area contributed by atoms with E-state index in [0.29, 0.717) is 11.8 Å². The van der Waals surface area contributed by atoms with Gasteiger partial charge in [0.25, 0.3) is 0 Å². The maximum Gasteiger partial charge on any atom is 0.0732 e. The normalized spacial score (nSPS) is 13.4. The Morgan fingerprint density at radius 2 is 2.06 bits per heavy atom. The van der Waals surface area contributed by atoms with E-state index < -0.39 is 0 Å². The van der Waals surface area contributed by atoms with Crippen LogP contribution < -0.4 is 0 Å². The quantitative estimate of drug-likeness (QED) is 0.602. The molecule has 2 rings (SSSR count). The third-order valence-corrected chi connectivity index (χ3v) is 4.73. The van der Waals surface area contributed by atoms with Crippen LogP contribution in [0.15, 0.2) is 35.4 Å². The first-order valence-electron chi connectivity index (χ1n) is 6.02. The number of H-pyrrole nitrogens is 1. The Balaban J connectivity index is 2.03. The number of para-hydroxylation sites is 1. The molecule has 1 unspecified atom stereocenters. The van der Waals surface area contributed by atoms with E-state index in [4.69, 9.17) is 0 Å². The summed E-state index contributed by atoms with van der Waals surface area (Å²) in [5.74, 6) is 3.47. The summed E-state index contributed by atoms with van der Waals surface area (Å²) in [6, 6.07) is 10.6. The van der Waals surface area contributed by atoms with Crippen LogP contribution in [0.2, 0.25) is 0 Å². The Morgan fingerprint density at radius 3 is 2.71 bits per heavy atom. The van der Waals surface area contributed by atoms with Gasteiger partial charge in [0.05, 0.1) is 5.03 Å². The number of nitrogens with one attached hydrogen (secondary N) is 1. The Kier molecular flexibility index (Phi) is 4.46. The van der Waals surface area contributed by atoms with Gasteiger partial charge >= 0.3 is 0 Å². The molecule has 1 nitrogen and oxygen atoms in total. The number of hydrogen-bond acceptors (Lipinski definition) is 2. The fraction of sp³-hybridized carbons (Fsp3) is 0.429. The first kappa shape index (κ1) is 12.9. The van der Waals surface area contributed by atoms with Crippen molar-refractivity contribution in [2.45, 2.75) is 18.9 Å². The van der Waals surface area contributed by atoms with Crippen LogP contribution in [0.25, 0.3) is 10.9 Å². The molecule has 0 saturated heterocycles. The zero-order valence-corrected chi connectivity index (χ0v) is 12.0. The summed E-state index contributed by atoms with van der Waals surface area (Å²) in [5.41, 5.74) is 1.22. The van der Waals surface area contributed by atoms with Gasteiger partial charge in [-0.1, -0.05) is 32.0 Å². The van der Waals surface area contributed by atoms with Crippen molar-refractivity contribution in [1.82, 2.24) is 4.98 Å². The van der Waals surface area contributed by atoms with Crippen molar-refractivity contribution in [3.63, 3.8) is 0 Å². The minimum absolute atomic E-state index is 0.676. The van der Waals surface area contributed by atoms with Gasteiger partial charge in [0.15, 0.2) is 0 Å². The van der Waals surface area contributed by atoms with E-state index in [1.807, 2.05) is 11.8 Å². The second kappa shape index (κ2) is 5.87. The lowest BCUT2D eigenvalue weighted by Gasteiger charge is -2.17. The monoisotopic (exact) mass is 265 g/mol. The highest BCUT2D eigenvalue weighted by Crippen LogP contribution is 2.27. The highest BCUT2D eigenvalue weighted by molar-refractivity contribution is 7.99. The number of benzene rings is 1. The van der Waals surface area contributed by atoms with E-state index in [1.54, 1.807) is 0 Å². The highest BCUT2D eigenvalue weighted by Gasteiger charge is 2.12. The molecule has 1 aromatic heterocycles. The Hall–Kier alpha value is -0.540. The SMILES string of the molecule is CC(C)C(CS)CSc1cc2ccccc2[nH]1. The number of fused-ring (bicyclic) bond motifs is 1. The van der Waals surface area contributed by atoms with Crippen molar-refractivity contribution >= 4 is 35.3 Å². The molecular weight excluding hydrogens is 246 g/mol. The topological polar surface area (TPSA) is 15.8 Å². The van der Waals surface area contributed by atoms with E-state index >= 15 is 0 Å². The van der Waals surface area contributed by atoms with Crippen molar-refractivity contribution in [2.75, 3.05) is 11.5 Å². The molecule has 0 amide bonds. The fourth-order valence-electron chi connectivity index (χ4n) is 1.78. The molecule has 1 heterocycles. The van der Waals surface area contributed by atoms with Gasteiger partial charge in [0.1, 0.15) is 0 Å². The van der Waals surface area contributed by atoms with E-state index in [-0.39, 0.29) is 0 Å². The molecule has 0 aliphatic rings. The van der Waals surface area contributed by atoms with E-state index in [2.05, 4.69) is 61.8 Å². The van der Waals surface area contributed by atoms with Gasteiger partial charge in [-0.15, -0.1) is 11.8 Å². The average molecular weight is 265 g/mol. The number of aromatic nitrogens is 1. The summed E-state index contributed by atoms with van der Waals surface area (Å²) in [4.78, 5) is 3.45. The van der Waals surface area contributed by atoms with Gasteiger partial charge < -0.3 is 4.98 Å². The molecule has 0 aliphatic carbocycles. The Bertz CT molecular complexity index is 443. The van der Waals surface area contributed by atoms with Gasteiger partial charge in [-0.05, 0) is 29.7 Å². The lowest BCUT2D eigenvalue weighted by Crippen LogP contribution is -2.13. The third kappa shape index (κ3) is 3.23. The zero-order valence-electron chi connectivity index (χ0n) is 10.3. The predicted molar refractivity (Wildman–Crippen MR) is 81.2 cm³/mol. The van der Waals surface area contributed by atoms with E-state index in [0.717, 1.165) is 11.5 Å². The van der Waals surface area contributed by atoms with Gasteiger partial charge in [-0.2, -0.15) is 12.6 Å². The number of thiol groups is 1. The number of thioether (sulfide) groups is 1. The minimum atomic E-state index is 0.676. The largest absolute Gasteiger partial charge is 0.350 e. The number of rotatable bonds is 5. The molecule has 3 heteroatoms. The van der Waals surface area contributed by atoms with Crippen molar-refractivity contribution in [2.24, 2.45) is 11.8 Å². The molecule has 0 spiro atoms. The third-order valence-electron chi connectivity index (χ3n) is 3.14. The summed E-state index contributed by atoms with van der Waals surface area (Å²) in [6.45, 7) is 4.54. The number of hydrogen-bond donors (Lipinski definition) is 2. The maximum absolute atomic E-state index is 4.43. The zero-order chi connectivity index (χ0) is 12.3. The van der Waals surface area contributed by atoms with Crippen molar-refractivity contribution in [3.05, 3.63) is 30.3 Å². The molecule has 0 saturated carbocycles. The Morgan fingerprint density at radius 1 is 1.29 bits per heavy atom. The predicted octanol–water partition coefficient (Wildman–Crippen LogP) is 4.46. The first-order chi connectivity index (χ1) is 8.20. The van der Waals surface area contributed by atoms with Crippen molar-refractivity contribution in [1.29, 1.82) is 0 Å². The molecule has 0 fully saturated rings. The lowest BCUT2D eigenvalue weighted by molar-refractivity contribution is 0.473. The average Bonchev–Trinajstić information content (AvgIpc) is 2.71. The van der Waals surface area contributed by atoms with Crippen LogP contribution >= 0.6 is 24.4 Å². The van der Waals surface area contributed by atoms with Crippen molar-refractivity contribution < 1.29 is 0 Å². The lowest BCUT2D eigenvalue weighted by atomic mass is 10.0. The molecule has 2 aromatic rings. The van der Waals surface area contributed by atoms with Crippen LogP contribution in [0.4, 0.5) is 0 Å². The molecule has 1 N–H and O–H groups in total. The molecule has 0 bridgehead atoms. The van der Waals surface area contributed by atoms with Crippen LogP contribution in [-0.4, -0.2) is 16.5 Å². The smallest absolute Gasteiger partial charge is 0.0732 e. The van der Waals surface area contributed by atoms with Crippen LogP contribution in [0.1, 0.15) is 13.8 Å². The van der Waals surface area contributed by atoms with E-state index in [1.165, 1.54) is 15.9 Å². The van der Waals surface area contributed by atoms with Gasteiger partial charge in [0, 0.05) is 16.7 Å². The van der Waals surface area contributed by atoms with Crippen LogP contribution in [0, 0.1) is 11.8 Å². The summed E-state index contributed by atoms with van der Waals surface area (Å²) >= 11 is 6.33. The van der Waals surface area contributed by atoms with Gasteiger partial charge in [-0.3, -0.25) is 0 Å². The maximum atomic E-state index is 4.43. The summed E-state index contributed by atoms with van der Waals surface area (Å²) < 4.78 is 0. The molecule has 1 atom stereocenters. The second-order valence-electron chi connectivity index (χ2n) is 4.72. The van der Waals surface area contributed by atoms with E-state index in [9.17, 15) is 0 Å². The Labute approximate surface area is 113 Å². The molecule has 0 radical (unpaired) electrons. The van der Waals surface area contributed by atoms with Gasteiger partial charge in [-0.25, -0.2) is 0 Å². The number of aromatic amines is 1. The molecule has 92 valence electrons. The van der Waals surface area contributed by atoms with Crippen LogP contribution in [-0.2, 0) is 0 Å². The molecular formula is C14H19NS2. The highest BCUT2D eigenvalue weighted by atomic mass is 32.2. The molecule has 1 aromatic carbocycles. The van der Waals surface area contributed by atoms with Crippen molar-refractivity contribution in [3.8, 4) is 0 Å². The second-order valence-corrected chi connectivity index (χ2v) is 6.15. The summed E-state index contributed by atoms with van der Waals surface area (Å²) in [5, 5.41) is 2.56. The fourth-order valence-corrected chi connectivity index (χ4v) is 3.79. The standard InChI is InChI=1S/C14H19NS2/c1-10(2)12(8-16)9-17-14-7-11-5-3-4-6-13(11)15-14/h3-7,10,12,15-16H,8-9H2,1-2H3.